The first-order chi connectivity index (χ1) is 18.9. The summed E-state index contributed by atoms with van der Waals surface area (Å²) >= 11 is 0. The van der Waals surface area contributed by atoms with Gasteiger partial charge in [0.05, 0.1) is 18.6 Å². The van der Waals surface area contributed by atoms with Crippen LogP contribution in [-0.2, 0) is 23.7 Å². The number of methoxy groups -OCH3 is 1. The van der Waals surface area contributed by atoms with Gasteiger partial charge < -0.3 is 18.9 Å². The second-order valence-electron chi connectivity index (χ2n) is 12.7. The summed E-state index contributed by atoms with van der Waals surface area (Å²) in [6, 6.07) is 0. The first kappa shape index (κ1) is 32.3. The van der Waals surface area contributed by atoms with Crippen molar-refractivity contribution in [3.8, 4) is 0 Å². The van der Waals surface area contributed by atoms with Crippen LogP contribution in [0.2, 0.25) is 0 Å². The van der Waals surface area contributed by atoms with Crippen molar-refractivity contribution in [1.29, 1.82) is 0 Å². The highest BCUT2D eigenvalue weighted by Crippen LogP contribution is 2.59. The van der Waals surface area contributed by atoms with E-state index in [2.05, 4.69) is 45.9 Å². The van der Waals surface area contributed by atoms with Crippen LogP contribution in [0.25, 0.3) is 0 Å². The fourth-order valence-corrected chi connectivity index (χ4v) is 6.64. The third kappa shape index (κ3) is 10.0. The van der Waals surface area contributed by atoms with Gasteiger partial charge in [-0.05, 0) is 72.1 Å². The number of esters is 1. The number of allylic oxidation sites excluding steroid dienone is 3. The molecule has 0 N–H and O–H groups in total. The number of rotatable bonds is 20. The number of carbonyl (C=O) groups is 1. The summed E-state index contributed by atoms with van der Waals surface area (Å²) < 4.78 is 24.3. The Morgan fingerprint density at radius 1 is 0.949 bits per heavy atom. The zero-order valence-corrected chi connectivity index (χ0v) is 25.8. The number of hydrogen-bond acceptors (Lipinski definition) is 5. The average Bonchev–Trinajstić information content (AvgIpc) is 3.83. The smallest absolute Gasteiger partial charge is 0.306 e. The summed E-state index contributed by atoms with van der Waals surface area (Å²) in [6.45, 7) is 9.45. The molecule has 3 rings (SSSR count). The van der Waals surface area contributed by atoms with E-state index in [-0.39, 0.29) is 41.4 Å². The molecule has 2 saturated heterocycles. The van der Waals surface area contributed by atoms with Gasteiger partial charge in [-0.2, -0.15) is 0 Å². The minimum Gasteiger partial charge on any atom is -0.460 e. The number of carbonyl (C=O) groups excluding carboxylic acids is 1. The van der Waals surface area contributed by atoms with Gasteiger partial charge in [-0.3, -0.25) is 4.79 Å². The predicted octanol–water partition coefficient (Wildman–Crippen LogP) is 8.64. The Morgan fingerprint density at radius 3 is 2.15 bits per heavy atom. The monoisotopic (exact) mass is 546 g/mol. The fraction of sp³-hybridized carbons (Fsp3) is 0.853. The summed E-state index contributed by atoms with van der Waals surface area (Å²) in [5, 5.41) is 0. The lowest BCUT2D eigenvalue weighted by atomic mass is 9.68. The van der Waals surface area contributed by atoms with Gasteiger partial charge >= 0.3 is 5.97 Å². The Balaban J connectivity index is 1.29. The van der Waals surface area contributed by atoms with Crippen molar-refractivity contribution >= 4 is 5.97 Å². The van der Waals surface area contributed by atoms with E-state index in [1.54, 1.807) is 7.11 Å². The van der Waals surface area contributed by atoms with Gasteiger partial charge in [-0.1, -0.05) is 82.1 Å². The standard InChI is InChI=1S/C34H58O5/c1-6-7-8-9-10-11-12-13-14-15-16-17-18-19-20-21-30(35)38-28-24-25-34(26-37-34)32(31(28)36-5)33(4)29(39-33)23-22-27(2)3/h13-14,22,28-29,31-32H,6-12,15-21,23-26H2,1-5H3/b14-13-/t28-,29-,31-,32-,33+,34+/m1/s1. The quantitative estimate of drug-likeness (QED) is 0.0662. The second kappa shape index (κ2) is 16.3. The summed E-state index contributed by atoms with van der Waals surface area (Å²) in [5.41, 5.74) is 0.832. The van der Waals surface area contributed by atoms with E-state index in [0.717, 1.165) is 38.7 Å². The number of hydrogen-bond donors (Lipinski definition) is 0. The molecule has 0 aromatic carbocycles. The van der Waals surface area contributed by atoms with Gasteiger partial charge in [-0.25, -0.2) is 0 Å². The molecule has 2 heterocycles. The van der Waals surface area contributed by atoms with Gasteiger partial charge in [0.25, 0.3) is 0 Å². The van der Waals surface area contributed by atoms with Crippen LogP contribution < -0.4 is 0 Å². The van der Waals surface area contributed by atoms with Crippen molar-refractivity contribution in [3.05, 3.63) is 23.8 Å². The molecule has 3 aliphatic rings. The molecular formula is C34H58O5. The van der Waals surface area contributed by atoms with E-state index in [0.29, 0.717) is 6.42 Å². The molecule has 0 unspecified atom stereocenters. The Hall–Kier alpha value is -1.17. The van der Waals surface area contributed by atoms with Crippen LogP contribution in [0.1, 0.15) is 137 Å². The highest BCUT2D eigenvalue weighted by Gasteiger charge is 2.72. The largest absolute Gasteiger partial charge is 0.460 e. The Bertz CT molecular complexity index is 780. The zero-order valence-electron chi connectivity index (χ0n) is 25.8. The van der Waals surface area contributed by atoms with Crippen LogP contribution in [0.4, 0.5) is 0 Å². The van der Waals surface area contributed by atoms with E-state index in [1.807, 2.05) is 0 Å². The highest BCUT2D eigenvalue weighted by atomic mass is 16.6. The van der Waals surface area contributed by atoms with E-state index >= 15 is 0 Å². The van der Waals surface area contributed by atoms with Gasteiger partial charge in [0, 0.05) is 13.5 Å². The van der Waals surface area contributed by atoms with Gasteiger partial charge in [0.1, 0.15) is 23.4 Å². The predicted molar refractivity (Wildman–Crippen MR) is 159 cm³/mol. The van der Waals surface area contributed by atoms with Crippen LogP contribution in [-0.4, -0.2) is 49.2 Å². The van der Waals surface area contributed by atoms with E-state index in [4.69, 9.17) is 18.9 Å². The van der Waals surface area contributed by atoms with Crippen molar-refractivity contribution < 1.29 is 23.7 Å². The molecule has 224 valence electrons. The average molecular weight is 547 g/mol. The molecule has 1 spiro atoms. The molecule has 0 bridgehead atoms. The molecule has 0 amide bonds. The van der Waals surface area contributed by atoms with E-state index in [1.165, 1.54) is 76.2 Å². The van der Waals surface area contributed by atoms with Crippen LogP contribution >= 0.6 is 0 Å². The molecule has 1 aliphatic carbocycles. The summed E-state index contributed by atoms with van der Waals surface area (Å²) in [4.78, 5) is 12.7. The number of epoxide rings is 2. The normalized spacial score (nSPS) is 31.5. The lowest BCUT2D eigenvalue weighted by Gasteiger charge is -2.42. The van der Waals surface area contributed by atoms with Crippen LogP contribution in [0.3, 0.4) is 0 Å². The van der Waals surface area contributed by atoms with Crippen LogP contribution in [0.15, 0.2) is 23.8 Å². The highest BCUT2D eigenvalue weighted by molar-refractivity contribution is 5.69. The fourth-order valence-electron chi connectivity index (χ4n) is 6.64. The molecule has 6 atom stereocenters. The molecule has 0 radical (unpaired) electrons. The Morgan fingerprint density at radius 2 is 1.56 bits per heavy atom. The lowest BCUT2D eigenvalue weighted by Crippen LogP contribution is -2.55. The molecular weight excluding hydrogens is 488 g/mol. The zero-order chi connectivity index (χ0) is 28.1. The van der Waals surface area contributed by atoms with E-state index < -0.39 is 0 Å². The first-order valence-corrected chi connectivity index (χ1v) is 16.2. The molecule has 5 heteroatoms. The number of unbranched alkanes of at least 4 members (excludes halogenated alkanes) is 11. The third-order valence-corrected chi connectivity index (χ3v) is 9.16. The second-order valence-corrected chi connectivity index (χ2v) is 12.7. The summed E-state index contributed by atoms with van der Waals surface area (Å²) in [6.07, 6.45) is 26.1. The van der Waals surface area contributed by atoms with Crippen molar-refractivity contribution in [3.63, 3.8) is 0 Å². The molecule has 39 heavy (non-hydrogen) atoms. The van der Waals surface area contributed by atoms with Crippen molar-refractivity contribution in [2.24, 2.45) is 5.92 Å². The molecule has 2 aliphatic heterocycles. The van der Waals surface area contributed by atoms with Crippen LogP contribution in [0.5, 0.6) is 0 Å². The van der Waals surface area contributed by atoms with Crippen molar-refractivity contribution in [2.45, 2.75) is 166 Å². The van der Waals surface area contributed by atoms with E-state index in [9.17, 15) is 4.79 Å². The number of ether oxygens (including phenoxy) is 4. The maximum atomic E-state index is 12.7. The molecule has 1 saturated carbocycles. The Kier molecular flexibility index (Phi) is 13.5. The Labute approximate surface area is 239 Å². The summed E-state index contributed by atoms with van der Waals surface area (Å²) in [7, 11) is 1.74. The van der Waals surface area contributed by atoms with Gasteiger partial charge in [0.2, 0.25) is 0 Å². The maximum absolute atomic E-state index is 12.7. The molecule has 3 fully saturated rings. The molecule has 5 nitrogen and oxygen atoms in total. The summed E-state index contributed by atoms with van der Waals surface area (Å²) in [5.74, 6) is -0.00833. The van der Waals surface area contributed by atoms with Crippen LogP contribution in [0, 0.1) is 5.92 Å². The topological polar surface area (TPSA) is 60.6 Å². The molecule has 0 aromatic heterocycles. The SMILES string of the molecule is CCCCCCCC/C=C\CCCCCCCC(=O)O[C@@H]1CC[C@]2(CO2)[C@@H]([C@@]2(C)O[C@@H]2CC=C(C)C)[C@@H]1OC. The minimum atomic E-state index is -0.294. The van der Waals surface area contributed by atoms with Crippen molar-refractivity contribution in [1.82, 2.24) is 0 Å². The maximum Gasteiger partial charge on any atom is 0.306 e. The van der Waals surface area contributed by atoms with Crippen molar-refractivity contribution in [2.75, 3.05) is 13.7 Å². The minimum absolute atomic E-state index is 0.0805. The first-order valence-electron chi connectivity index (χ1n) is 16.2. The molecule has 0 aromatic rings. The lowest BCUT2D eigenvalue weighted by molar-refractivity contribution is -0.172. The van der Waals surface area contributed by atoms with Gasteiger partial charge in [-0.15, -0.1) is 0 Å². The van der Waals surface area contributed by atoms with Gasteiger partial charge in [0.15, 0.2) is 0 Å². The third-order valence-electron chi connectivity index (χ3n) is 9.16.